The molecule has 1 N–H and O–H groups in total. The SMILES string of the molecule is C/C=C/CCCC(O)C[N+](CCCCC)(CCCCC)CCCC(=O)[O-]. The molecule has 1 unspecified atom stereocenters. The molecule has 0 aliphatic rings. The highest BCUT2D eigenvalue weighted by molar-refractivity contribution is 5.64. The molecule has 1 atom stereocenters. The lowest BCUT2D eigenvalue weighted by Gasteiger charge is -2.41. The smallest absolute Gasteiger partial charge is 0.105 e. The lowest BCUT2D eigenvalue weighted by Crippen LogP contribution is -2.54. The van der Waals surface area contributed by atoms with Gasteiger partial charge in [0.2, 0.25) is 0 Å². The highest BCUT2D eigenvalue weighted by Gasteiger charge is 2.29. The number of hydrogen-bond acceptors (Lipinski definition) is 3. The zero-order valence-electron chi connectivity index (χ0n) is 17.5. The summed E-state index contributed by atoms with van der Waals surface area (Å²) in [5.74, 6) is -0.961. The highest BCUT2D eigenvalue weighted by atomic mass is 16.4. The molecule has 0 rings (SSSR count). The predicted molar refractivity (Wildman–Crippen MR) is 108 cm³/mol. The summed E-state index contributed by atoms with van der Waals surface area (Å²) in [6.07, 6.45) is 14.6. The number of aliphatic hydroxyl groups is 1. The van der Waals surface area contributed by atoms with E-state index in [0.29, 0.717) is 6.42 Å². The molecule has 0 aliphatic heterocycles. The minimum Gasteiger partial charge on any atom is -0.550 e. The molecule has 0 saturated heterocycles. The Bertz CT molecular complexity index is 358. The molecule has 0 radical (unpaired) electrons. The summed E-state index contributed by atoms with van der Waals surface area (Å²) in [5, 5.41) is 21.5. The molecular formula is C22H43NO3. The van der Waals surface area contributed by atoms with E-state index < -0.39 is 5.97 Å². The number of unbranched alkanes of at least 4 members (excludes halogenated alkanes) is 5. The Morgan fingerprint density at radius 3 is 2.08 bits per heavy atom. The van der Waals surface area contributed by atoms with Crippen molar-refractivity contribution in [3.05, 3.63) is 12.2 Å². The predicted octanol–water partition coefficient (Wildman–Crippen LogP) is 3.82. The minimum atomic E-state index is -0.961. The third-order valence-electron chi connectivity index (χ3n) is 5.23. The van der Waals surface area contributed by atoms with Gasteiger partial charge in [-0.2, -0.15) is 0 Å². The zero-order valence-corrected chi connectivity index (χ0v) is 17.5. The van der Waals surface area contributed by atoms with Crippen LogP contribution in [0.15, 0.2) is 12.2 Å². The number of aliphatic carboxylic acids is 1. The molecule has 0 heterocycles. The maximum atomic E-state index is 10.9. The molecule has 0 fully saturated rings. The van der Waals surface area contributed by atoms with Crippen molar-refractivity contribution >= 4 is 5.97 Å². The number of allylic oxidation sites excluding steroid dienone is 2. The normalized spacial score (nSPS) is 13.4. The number of hydrogen-bond donors (Lipinski definition) is 1. The number of carbonyl (C=O) groups excluding carboxylic acids is 1. The fourth-order valence-corrected chi connectivity index (χ4v) is 3.74. The van der Waals surface area contributed by atoms with E-state index in [-0.39, 0.29) is 12.5 Å². The van der Waals surface area contributed by atoms with Crippen LogP contribution in [0, 0.1) is 0 Å². The van der Waals surface area contributed by atoms with E-state index in [4.69, 9.17) is 0 Å². The summed E-state index contributed by atoms with van der Waals surface area (Å²) in [5.41, 5.74) is 0. The zero-order chi connectivity index (χ0) is 19.7. The average molecular weight is 370 g/mol. The van der Waals surface area contributed by atoms with Gasteiger partial charge in [-0.3, -0.25) is 0 Å². The van der Waals surface area contributed by atoms with Crippen molar-refractivity contribution in [1.82, 2.24) is 0 Å². The van der Waals surface area contributed by atoms with Gasteiger partial charge in [0, 0.05) is 12.4 Å². The van der Waals surface area contributed by atoms with Crippen LogP contribution in [0.3, 0.4) is 0 Å². The molecule has 0 amide bonds. The van der Waals surface area contributed by atoms with Gasteiger partial charge in [-0.05, 0) is 58.3 Å². The number of rotatable bonds is 18. The second-order valence-corrected chi connectivity index (χ2v) is 7.74. The van der Waals surface area contributed by atoms with Crippen molar-refractivity contribution in [1.29, 1.82) is 0 Å². The molecular weight excluding hydrogens is 326 g/mol. The van der Waals surface area contributed by atoms with Crippen molar-refractivity contribution in [2.75, 3.05) is 26.2 Å². The van der Waals surface area contributed by atoms with E-state index in [1.165, 1.54) is 25.7 Å². The summed E-state index contributed by atoms with van der Waals surface area (Å²) in [6.45, 7) is 10.1. The number of carboxylic acids is 1. The Hall–Kier alpha value is -0.870. The number of carbonyl (C=O) groups is 1. The third-order valence-corrected chi connectivity index (χ3v) is 5.23. The van der Waals surface area contributed by atoms with Crippen LogP contribution in [0.2, 0.25) is 0 Å². The summed E-state index contributed by atoms with van der Waals surface area (Å²) < 4.78 is 0.873. The lowest BCUT2D eigenvalue weighted by atomic mass is 10.1. The molecule has 26 heavy (non-hydrogen) atoms. The van der Waals surface area contributed by atoms with Crippen LogP contribution in [-0.4, -0.2) is 47.8 Å². The highest BCUT2D eigenvalue weighted by Crippen LogP contribution is 2.18. The van der Waals surface area contributed by atoms with E-state index in [2.05, 4.69) is 26.0 Å². The minimum absolute atomic E-state index is 0.124. The van der Waals surface area contributed by atoms with E-state index in [9.17, 15) is 15.0 Å². The molecule has 0 bridgehead atoms. The summed E-state index contributed by atoms with van der Waals surface area (Å²) in [6, 6.07) is 0. The second kappa shape index (κ2) is 16.3. The van der Waals surface area contributed by atoms with Crippen LogP contribution >= 0.6 is 0 Å². The van der Waals surface area contributed by atoms with Gasteiger partial charge < -0.3 is 19.5 Å². The van der Waals surface area contributed by atoms with Gasteiger partial charge in [-0.15, -0.1) is 0 Å². The van der Waals surface area contributed by atoms with Crippen molar-refractivity contribution in [2.45, 2.75) is 97.5 Å². The molecule has 0 aliphatic carbocycles. The number of aliphatic hydroxyl groups excluding tert-OH is 1. The first kappa shape index (κ1) is 25.1. The second-order valence-electron chi connectivity index (χ2n) is 7.74. The molecule has 4 nitrogen and oxygen atoms in total. The Kier molecular flexibility index (Phi) is 15.8. The number of carboxylic acid groups (broad SMARTS) is 1. The van der Waals surface area contributed by atoms with Crippen LogP contribution in [-0.2, 0) is 4.79 Å². The van der Waals surface area contributed by atoms with Crippen molar-refractivity contribution in [3.8, 4) is 0 Å². The van der Waals surface area contributed by atoms with Crippen molar-refractivity contribution in [3.63, 3.8) is 0 Å². The van der Waals surface area contributed by atoms with E-state index >= 15 is 0 Å². The van der Waals surface area contributed by atoms with E-state index in [1.807, 2.05) is 6.92 Å². The van der Waals surface area contributed by atoms with Gasteiger partial charge in [-0.1, -0.05) is 38.8 Å². The summed E-state index contributed by atoms with van der Waals surface area (Å²) in [7, 11) is 0. The standard InChI is InChI=1S/C22H43NO3/c1-4-7-10-11-15-21(24)20-23(17-12-8-5-2,18-13-9-6-3)19-14-16-22(25)26/h4,7,21,24H,5-6,8-20H2,1-3H3/b7-4+. The summed E-state index contributed by atoms with van der Waals surface area (Å²) in [4.78, 5) is 10.9. The third kappa shape index (κ3) is 13.3. The molecule has 0 aromatic heterocycles. The topological polar surface area (TPSA) is 60.4 Å². The Balaban J connectivity index is 4.89. The van der Waals surface area contributed by atoms with Gasteiger partial charge in [0.15, 0.2) is 0 Å². The van der Waals surface area contributed by atoms with E-state index in [0.717, 1.165) is 62.8 Å². The van der Waals surface area contributed by atoms with Gasteiger partial charge in [0.1, 0.15) is 12.6 Å². The van der Waals surface area contributed by atoms with Gasteiger partial charge in [-0.25, -0.2) is 0 Å². The molecule has 0 saturated carbocycles. The first-order valence-electron chi connectivity index (χ1n) is 10.8. The lowest BCUT2D eigenvalue weighted by molar-refractivity contribution is -0.931. The van der Waals surface area contributed by atoms with Gasteiger partial charge >= 0.3 is 0 Å². The number of nitrogens with zero attached hydrogens (tertiary/aromatic N) is 1. The fourth-order valence-electron chi connectivity index (χ4n) is 3.74. The maximum absolute atomic E-state index is 10.9. The molecule has 154 valence electrons. The molecule has 0 spiro atoms. The fraction of sp³-hybridized carbons (Fsp3) is 0.864. The summed E-state index contributed by atoms with van der Waals surface area (Å²) >= 11 is 0. The first-order chi connectivity index (χ1) is 12.5. The number of quaternary nitrogens is 1. The molecule has 0 aromatic carbocycles. The molecule has 4 heteroatoms. The Morgan fingerprint density at radius 1 is 1.00 bits per heavy atom. The van der Waals surface area contributed by atoms with Gasteiger partial charge in [0.05, 0.1) is 19.6 Å². The molecule has 0 aromatic rings. The van der Waals surface area contributed by atoms with Crippen LogP contribution in [0.4, 0.5) is 0 Å². The van der Waals surface area contributed by atoms with Gasteiger partial charge in [0.25, 0.3) is 0 Å². The van der Waals surface area contributed by atoms with Crippen molar-refractivity contribution in [2.24, 2.45) is 0 Å². The van der Waals surface area contributed by atoms with Crippen LogP contribution in [0.5, 0.6) is 0 Å². The Morgan fingerprint density at radius 2 is 1.58 bits per heavy atom. The Labute approximate surface area is 161 Å². The van der Waals surface area contributed by atoms with Crippen LogP contribution in [0.25, 0.3) is 0 Å². The van der Waals surface area contributed by atoms with E-state index in [1.54, 1.807) is 0 Å². The maximum Gasteiger partial charge on any atom is 0.105 e. The quantitative estimate of drug-likeness (QED) is 0.227. The van der Waals surface area contributed by atoms with Crippen molar-refractivity contribution < 1.29 is 19.5 Å². The van der Waals surface area contributed by atoms with Crippen LogP contribution in [0.1, 0.15) is 91.4 Å². The average Bonchev–Trinajstić information content (AvgIpc) is 2.59. The first-order valence-corrected chi connectivity index (χ1v) is 10.8. The largest absolute Gasteiger partial charge is 0.550 e. The van der Waals surface area contributed by atoms with Crippen LogP contribution < -0.4 is 5.11 Å². The monoisotopic (exact) mass is 369 g/mol.